The molecule has 0 saturated carbocycles. The fraction of sp³-hybridized carbons (Fsp3) is 0. The van der Waals surface area contributed by atoms with E-state index < -0.39 is 48.3 Å². The molecule has 0 saturated heterocycles. The normalized spacial score (nSPS) is 14.7. The topological polar surface area (TPSA) is 30.7 Å². The van der Waals surface area contributed by atoms with Crippen LogP contribution < -0.4 is 0 Å². The van der Waals surface area contributed by atoms with Crippen LogP contribution >= 0.6 is 0 Å². The molecule has 0 atom stereocenters. The third-order valence-electron chi connectivity index (χ3n) is 8.14. The Morgan fingerprint density at radius 2 is 1.20 bits per heavy atom. The lowest BCUT2D eigenvalue weighted by Crippen LogP contribution is -2.03. The van der Waals surface area contributed by atoms with Gasteiger partial charge in [-0.2, -0.15) is 0 Å². The lowest BCUT2D eigenvalue weighted by molar-refractivity contribution is 1.08. The smallest absolute Gasteiger partial charge is 0.162 e. The van der Waals surface area contributed by atoms with Crippen LogP contribution in [0.3, 0.4) is 0 Å². The van der Waals surface area contributed by atoms with Crippen molar-refractivity contribution in [3.8, 4) is 39.5 Å². The molecular formula is C42H27N3. The van der Waals surface area contributed by atoms with Crippen molar-refractivity contribution in [2.45, 2.75) is 0 Å². The zero-order valence-corrected chi connectivity index (χ0v) is 23.7. The third kappa shape index (κ3) is 4.21. The summed E-state index contributed by atoms with van der Waals surface area (Å²) >= 11 is 0. The highest BCUT2D eigenvalue weighted by atomic mass is 15.1. The Labute approximate surface area is 274 Å². The van der Waals surface area contributed by atoms with Crippen LogP contribution in [0.5, 0.6) is 0 Å². The Hall–Kier alpha value is -6.06. The molecule has 7 aromatic carbocycles. The molecule has 2 heterocycles. The van der Waals surface area contributed by atoms with E-state index >= 15 is 0 Å². The molecule has 3 nitrogen and oxygen atoms in total. The first kappa shape index (κ1) is 17.3. The van der Waals surface area contributed by atoms with E-state index in [2.05, 4.69) is 18.2 Å². The van der Waals surface area contributed by atoms with Crippen molar-refractivity contribution in [2.24, 2.45) is 0 Å². The number of aromatic nitrogens is 3. The molecule has 3 heteroatoms. The number of benzene rings is 7. The summed E-state index contributed by atoms with van der Waals surface area (Å²) in [6.07, 6.45) is 0. The molecule has 0 unspecified atom stereocenters. The van der Waals surface area contributed by atoms with E-state index in [1.165, 1.54) is 0 Å². The van der Waals surface area contributed by atoms with E-state index in [4.69, 9.17) is 23.7 Å². The predicted octanol–water partition coefficient (Wildman–Crippen LogP) is 10.9. The fourth-order valence-corrected chi connectivity index (χ4v) is 6.15. The Morgan fingerprint density at radius 3 is 1.98 bits per heavy atom. The van der Waals surface area contributed by atoms with E-state index in [1.54, 1.807) is 18.2 Å². The van der Waals surface area contributed by atoms with Crippen LogP contribution in [-0.2, 0) is 0 Å². The number of hydrogen-bond acceptors (Lipinski definition) is 2. The van der Waals surface area contributed by atoms with Gasteiger partial charge in [-0.15, -0.1) is 0 Å². The SMILES string of the molecule is [2H]c1c([2H])c([2H])c(-c2ccc3nc(-c4c([2H])c([2H])c([2H])c([2H])c4[2H])nc(-n4c5cc6ccccc6cc5c5c(-c6ccccc6)cccc54)c3c2)c([2H])c1[2H]. The molecule has 0 radical (unpaired) electrons. The maximum absolute atomic E-state index is 8.80. The van der Waals surface area contributed by atoms with E-state index in [9.17, 15) is 0 Å². The highest BCUT2D eigenvalue weighted by Gasteiger charge is 2.21. The summed E-state index contributed by atoms with van der Waals surface area (Å²) in [7, 11) is 0. The maximum atomic E-state index is 8.80. The van der Waals surface area contributed by atoms with E-state index in [1.807, 2.05) is 71.3 Å². The summed E-state index contributed by atoms with van der Waals surface area (Å²) in [4.78, 5) is 9.81. The van der Waals surface area contributed by atoms with Gasteiger partial charge in [-0.25, -0.2) is 9.97 Å². The van der Waals surface area contributed by atoms with E-state index in [-0.39, 0.29) is 29.0 Å². The summed E-state index contributed by atoms with van der Waals surface area (Å²) in [5.74, 6) is 0.214. The van der Waals surface area contributed by atoms with E-state index in [0.717, 1.165) is 43.7 Å². The van der Waals surface area contributed by atoms with Gasteiger partial charge in [-0.05, 0) is 63.4 Å². The monoisotopic (exact) mass is 583 g/mol. The van der Waals surface area contributed by atoms with Crippen LogP contribution in [0, 0.1) is 0 Å². The lowest BCUT2D eigenvalue weighted by atomic mass is 9.98. The summed E-state index contributed by atoms with van der Waals surface area (Å²) < 4.78 is 86.8. The number of nitrogens with zero attached hydrogens (tertiary/aromatic N) is 3. The summed E-state index contributed by atoms with van der Waals surface area (Å²) in [5.41, 5.74) is 4.04. The molecule has 0 aliphatic rings. The molecule has 210 valence electrons. The van der Waals surface area contributed by atoms with Crippen molar-refractivity contribution in [2.75, 3.05) is 0 Å². The van der Waals surface area contributed by atoms with Crippen LogP contribution in [0.25, 0.3) is 82.9 Å². The Kier molecular flexibility index (Phi) is 3.95. The molecule has 0 amide bonds. The van der Waals surface area contributed by atoms with Gasteiger partial charge in [-0.1, -0.05) is 133 Å². The highest BCUT2D eigenvalue weighted by Crippen LogP contribution is 2.41. The van der Waals surface area contributed by atoms with Crippen molar-refractivity contribution in [3.63, 3.8) is 0 Å². The lowest BCUT2D eigenvalue weighted by Gasteiger charge is -2.14. The zero-order chi connectivity index (χ0) is 38.4. The first-order chi connectivity index (χ1) is 26.5. The summed E-state index contributed by atoms with van der Waals surface area (Å²) in [5, 5.41) is 4.29. The third-order valence-corrected chi connectivity index (χ3v) is 8.14. The number of fused-ring (bicyclic) bond motifs is 5. The minimum Gasteiger partial charge on any atom is -0.293 e. The van der Waals surface area contributed by atoms with Crippen LogP contribution in [0.1, 0.15) is 13.7 Å². The molecule has 0 aliphatic heterocycles. The average molecular weight is 584 g/mol. The van der Waals surface area contributed by atoms with Crippen molar-refractivity contribution in [3.05, 3.63) is 164 Å². The standard InChI is InChI=1S/C42H27N3/c1-4-13-28(14-5-1)33-23-24-37-35(25-33)42(44-41(43-37)30-17-8-3-9-18-30)45-38-22-12-21-34(29-15-6-2-7-16-29)40(38)36-26-31-19-10-11-20-32(31)27-39(36)45/h1-27H/i1D,3D,4D,5D,8D,9D,13D,14D,17D,18D. The molecule has 45 heavy (non-hydrogen) atoms. The quantitative estimate of drug-likeness (QED) is 0.206. The molecule has 0 spiro atoms. The van der Waals surface area contributed by atoms with Gasteiger partial charge in [-0.3, -0.25) is 4.57 Å². The van der Waals surface area contributed by atoms with Gasteiger partial charge >= 0.3 is 0 Å². The summed E-state index contributed by atoms with van der Waals surface area (Å²) in [6.45, 7) is 0. The van der Waals surface area contributed by atoms with Crippen molar-refractivity contribution < 1.29 is 13.7 Å². The van der Waals surface area contributed by atoms with Gasteiger partial charge in [0.1, 0.15) is 5.82 Å². The first-order valence-electron chi connectivity index (χ1n) is 19.4. The Morgan fingerprint density at radius 1 is 0.489 bits per heavy atom. The summed E-state index contributed by atoms with van der Waals surface area (Å²) in [6, 6.07) is 28.5. The van der Waals surface area contributed by atoms with Gasteiger partial charge in [0, 0.05) is 21.7 Å². The second kappa shape index (κ2) is 10.3. The Balaban J connectivity index is 1.47. The average Bonchev–Trinajstić information content (AvgIpc) is 3.53. The molecule has 0 N–H and O–H groups in total. The van der Waals surface area contributed by atoms with Crippen molar-refractivity contribution in [1.29, 1.82) is 0 Å². The van der Waals surface area contributed by atoms with Gasteiger partial charge in [0.15, 0.2) is 5.82 Å². The molecule has 0 fully saturated rings. The molecule has 9 aromatic rings. The van der Waals surface area contributed by atoms with Crippen molar-refractivity contribution in [1.82, 2.24) is 14.5 Å². The minimum atomic E-state index is -0.536. The maximum Gasteiger partial charge on any atom is 0.162 e. The van der Waals surface area contributed by atoms with E-state index in [0.29, 0.717) is 22.3 Å². The largest absolute Gasteiger partial charge is 0.293 e. The van der Waals surface area contributed by atoms with Gasteiger partial charge < -0.3 is 0 Å². The van der Waals surface area contributed by atoms with Gasteiger partial charge in [0.05, 0.1) is 30.3 Å². The highest BCUT2D eigenvalue weighted by molar-refractivity contribution is 6.19. The number of hydrogen-bond donors (Lipinski definition) is 0. The second-order valence-electron chi connectivity index (χ2n) is 10.7. The van der Waals surface area contributed by atoms with Gasteiger partial charge in [0.25, 0.3) is 0 Å². The Bertz CT molecular complexity index is 3050. The van der Waals surface area contributed by atoms with Gasteiger partial charge in [0.2, 0.25) is 0 Å². The predicted molar refractivity (Wildman–Crippen MR) is 188 cm³/mol. The van der Waals surface area contributed by atoms with Crippen LogP contribution in [0.4, 0.5) is 0 Å². The van der Waals surface area contributed by atoms with Crippen LogP contribution in [0.2, 0.25) is 0 Å². The number of rotatable bonds is 4. The zero-order valence-electron chi connectivity index (χ0n) is 33.7. The molecule has 9 rings (SSSR count). The molecule has 0 aliphatic carbocycles. The first-order valence-corrected chi connectivity index (χ1v) is 14.4. The van der Waals surface area contributed by atoms with Crippen LogP contribution in [0.15, 0.2) is 164 Å². The molecule has 0 bridgehead atoms. The fourth-order valence-electron chi connectivity index (χ4n) is 6.15. The molecule has 2 aromatic heterocycles. The minimum absolute atomic E-state index is 0.00752. The molecular weight excluding hydrogens is 546 g/mol. The second-order valence-corrected chi connectivity index (χ2v) is 10.7. The van der Waals surface area contributed by atoms with Crippen LogP contribution in [-0.4, -0.2) is 14.5 Å². The van der Waals surface area contributed by atoms with Crippen molar-refractivity contribution >= 4 is 43.5 Å².